The number of halogens is 1. The van der Waals surface area contributed by atoms with Gasteiger partial charge in [-0.25, -0.2) is 9.67 Å². The summed E-state index contributed by atoms with van der Waals surface area (Å²) in [6.07, 6.45) is 6.16. The van der Waals surface area contributed by atoms with E-state index >= 15 is 0 Å². The average Bonchev–Trinajstić information content (AvgIpc) is 2.83. The van der Waals surface area contributed by atoms with E-state index in [0.717, 1.165) is 12.2 Å². The van der Waals surface area contributed by atoms with E-state index in [1.54, 1.807) is 12.4 Å². The van der Waals surface area contributed by atoms with Crippen LogP contribution in [0.4, 0.5) is 5.69 Å². The van der Waals surface area contributed by atoms with E-state index in [1.807, 2.05) is 17.8 Å². The molecular formula is C14H20BrN5O. The van der Waals surface area contributed by atoms with Gasteiger partial charge in [0.2, 0.25) is 0 Å². The minimum absolute atomic E-state index is 0.106. The summed E-state index contributed by atoms with van der Waals surface area (Å²) in [5, 5.41) is 7.43. The number of rotatable bonds is 6. The first-order valence-corrected chi connectivity index (χ1v) is 7.74. The van der Waals surface area contributed by atoms with E-state index in [1.165, 1.54) is 4.68 Å². The van der Waals surface area contributed by atoms with Crippen molar-refractivity contribution >= 4 is 21.6 Å². The SMILES string of the molecule is CC(C)Cn1ncc(NCCc2nccn2C)c(Br)c1=O. The Balaban J connectivity index is 2.02. The third kappa shape index (κ3) is 3.93. The predicted molar refractivity (Wildman–Crippen MR) is 86.4 cm³/mol. The van der Waals surface area contributed by atoms with E-state index in [2.05, 4.69) is 45.2 Å². The molecule has 0 aliphatic heterocycles. The van der Waals surface area contributed by atoms with Crippen molar-refractivity contribution in [2.75, 3.05) is 11.9 Å². The summed E-state index contributed by atoms with van der Waals surface area (Å²) in [5.74, 6) is 1.38. The molecule has 0 bridgehead atoms. The lowest BCUT2D eigenvalue weighted by Crippen LogP contribution is -2.26. The van der Waals surface area contributed by atoms with Gasteiger partial charge >= 0.3 is 0 Å². The van der Waals surface area contributed by atoms with E-state index < -0.39 is 0 Å². The summed E-state index contributed by atoms with van der Waals surface area (Å²) >= 11 is 3.36. The van der Waals surface area contributed by atoms with Crippen LogP contribution < -0.4 is 10.9 Å². The van der Waals surface area contributed by atoms with Crippen LogP contribution in [0.5, 0.6) is 0 Å². The minimum Gasteiger partial charge on any atom is -0.382 e. The molecule has 0 fully saturated rings. The Hall–Kier alpha value is -1.63. The summed E-state index contributed by atoms with van der Waals surface area (Å²) in [4.78, 5) is 16.4. The molecule has 0 aromatic carbocycles. The second kappa shape index (κ2) is 6.89. The maximum absolute atomic E-state index is 12.2. The molecule has 0 spiro atoms. The summed E-state index contributed by atoms with van der Waals surface area (Å²) in [5.41, 5.74) is 0.611. The maximum Gasteiger partial charge on any atom is 0.283 e. The van der Waals surface area contributed by atoms with Gasteiger partial charge in [0, 0.05) is 39.0 Å². The lowest BCUT2D eigenvalue weighted by molar-refractivity contribution is 0.462. The lowest BCUT2D eigenvalue weighted by atomic mass is 10.2. The molecule has 0 unspecified atom stereocenters. The maximum atomic E-state index is 12.2. The largest absolute Gasteiger partial charge is 0.382 e. The first-order chi connectivity index (χ1) is 9.99. The van der Waals surface area contributed by atoms with Crippen molar-refractivity contribution in [3.8, 4) is 0 Å². The predicted octanol–water partition coefficient (Wildman–Crippen LogP) is 2.05. The number of imidazole rings is 1. The molecule has 1 N–H and O–H groups in total. The van der Waals surface area contributed by atoms with Crippen LogP contribution in [-0.4, -0.2) is 25.9 Å². The van der Waals surface area contributed by atoms with Crippen molar-refractivity contribution in [2.24, 2.45) is 13.0 Å². The third-order valence-electron chi connectivity index (χ3n) is 3.11. The molecule has 0 aliphatic rings. The van der Waals surface area contributed by atoms with Crippen molar-refractivity contribution in [3.63, 3.8) is 0 Å². The first-order valence-electron chi connectivity index (χ1n) is 6.94. The standard InChI is InChI=1S/C14H20BrN5O/c1-10(2)9-20-14(21)13(15)11(8-18-20)16-5-4-12-17-6-7-19(12)3/h6-8,10,16H,4-5,9H2,1-3H3. The van der Waals surface area contributed by atoms with E-state index in [-0.39, 0.29) is 5.56 Å². The van der Waals surface area contributed by atoms with Crippen LogP contribution in [0.3, 0.4) is 0 Å². The summed E-state index contributed by atoms with van der Waals surface area (Å²) in [7, 11) is 1.97. The molecule has 2 heterocycles. The number of aryl methyl sites for hydroxylation is 1. The third-order valence-corrected chi connectivity index (χ3v) is 3.87. The molecule has 114 valence electrons. The number of nitrogens with one attached hydrogen (secondary N) is 1. The number of hydrogen-bond donors (Lipinski definition) is 1. The van der Waals surface area contributed by atoms with Crippen molar-refractivity contribution in [1.82, 2.24) is 19.3 Å². The van der Waals surface area contributed by atoms with Crippen LogP contribution in [0, 0.1) is 5.92 Å². The Morgan fingerprint density at radius 1 is 1.43 bits per heavy atom. The van der Waals surface area contributed by atoms with Crippen LogP contribution in [0.15, 0.2) is 27.9 Å². The van der Waals surface area contributed by atoms with Crippen LogP contribution in [-0.2, 0) is 20.0 Å². The molecule has 0 aliphatic carbocycles. The molecule has 21 heavy (non-hydrogen) atoms. The van der Waals surface area contributed by atoms with Crippen molar-refractivity contribution in [3.05, 3.63) is 39.2 Å². The van der Waals surface area contributed by atoms with Gasteiger partial charge in [-0.2, -0.15) is 5.10 Å². The number of anilines is 1. The molecule has 0 saturated heterocycles. The summed E-state index contributed by atoms with van der Waals surface area (Å²) in [6.45, 7) is 5.42. The normalized spacial score (nSPS) is 11.1. The van der Waals surface area contributed by atoms with E-state index in [9.17, 15) is 4.79 Å². The Bertz CT molecular complexity index is 662. The van der Waals surface area contributed by atoms with Gasteiger partial charge in [-0.3, -0.25) is 4.79 Å². The number of nitrogens with zero attached hydrogens (tertiary/aromatic N) is 4. The minimum atomic E-state index is -0.106. The molecular weight excluding hydrogens is 334 g/mol. The topological polar surface area (TPSA) is 64.7 Å². The Kier molecular flexibility index (Phi) is 5.17. The molecule has 6 nitrogen and oxygen atoms in total. The van der Waals surface area contributed by atoms with Gasteiger partial charge in [0.15, 0.2) is 0 Å². The Morgan fingerprint density at radius 3 is 2.81 bits per heavy atom. The van der Waals surface area contributed by atoms with Gasteiger partial charge in [0.1, 0.15) is 10.3 Å². The first kappa shape index (κ1) is 15.8. The molecule has 2 rings (SSSR count). The monoisotopic (exact) mass is 353 g/mol. The smallest absolute Gasteiger partial charge is 0.283 e. The van der Waals surface area contributed by atoms with Gasteiger partial charge in [-0.1, -0.05) is 13.8 Å². The van der Waals surface area contributed by atoms with E-state index in [4.69, 9.17) is 0 Å². The Morgan fingerprint density at radius 2 is 2.19 bits per heavy atom. The van der Waals surface area contributed by atoms with Gasteiger partial charge in [0.05, 0.1) is 11.9 Å². The highest BCUT2D eigenvalue weighted by Gasteiger charge is 2.09. The molecule has 0 atom stereocenters. The zero-order chi connectivity index (χ0) is 15.4. The zero-order valence-corrected chi connectivity index (χ0v) is 14.1. The molecule has 2 aromatic rings. The lowest BCUT2D eigenvalue weighted by Gasteiger charge is -2.11. The van der Waals surface area contributed by atoms with Gasteiger partial charge in [-0.15, -0.1) is 0 Å². The van der Waals surface area contributed by atoms with Gasteiger partial charge in [0.25, 0.3) is 5.56 Å². The van der Waals surface area contributed by atoms with Crippen molar-refractivity contribution in [2.45, 2.75) is 26.8 Å². The van der Waals surface area contributed by atoms with E-state index in [0.29, 0.717) is 29.2 Å². The fraction of sp³-hybridized carbons (Fsp3) is 0.500. The molecule has 0 amide bonds. The molecule has 0 saturated carbocycles. The summed E-state index contributed by atoms with van der Waals surface area (Å²) < 4.78 is 3.99. The fourth-order valence-electron chi connectivity index (χ4n) is 2.01. The van der Waals surface area contributed by atoms with Crippen LogP contribution in [0.2, 0.25) is 0 Å². The highest BCUT2D eigenvalue weighted by atomic mass is 79.9. The second-order valence-electron chi connectivity index (χ2n) is 5.38. The van der Waals surface area contributed by atoms with Crippen molar-refractivity contribution < 1.29 is 0 Å². The van der Waals surface area contributed by atoms with Crippen LogP contribution >= 0.6 is 15.9 Å². The highest BCUT2D eigenvalue weighted by Crippen LogP contribution is 2.16. The van der Waals surface area contributed by atoms with Gasteiger partial charge in [-0.05, 0) is 21.8 Å². The Labute approximate surface area is 132 Å². The van der Waals surface area contributed by atoms with Crippen molar-refractivity contribution in [1.29, 1.82) is 0 Å². The molecule has 2 aromatic heterocycles. The highest BCUT2D eigenvalue weighted by molar-refractivity contribution is 9.10. The molecule has 0 radical (unpaired) electrons. The number of aromatic nitrogens is 4. The molecule has 7 heteroatoms. The summed E-state index contributed by atoms with van der Waals surface area (Å²) in [6, 6.07) is 0. The van der Waals surface area contributed by atoms with Crippen LogP contribution in [0.1, 0.15) is 19.7 Å². The van der Waals surface area contributed by atoms with Gasteiger partial charge < -0.3 is 9.88 Å². The average molecular weight is 354 g/mol. The number of hydrogen-bond acceptors (Lipinski definition) is 4. The quantitative estimate of drug-likeness (QED) is 0.862. The second-order valence-corrected chi connectivity index (χ2v) is 6.18. The fourth-order valence-corrected chi connectivity index (χ4v) is 2.46. The zero-order valence-electron chi connectivity index (χ0n) is 12.5. The van der Waals surface area contributed by atoms with Crippen LogP contribution in [0.25, 0.3) is 0 Å².